The lowest BCUT2D eigenvalue weighted by Gasteiger charge is -2.06. The molecule has 0 aliphatic rings. The van der Waals surface area contributed by atoms with Gasteiger partial charge in [0.05, 0.1) is 10.5 Å². The zero-order valence-corrected chi connectivity index (χ0v) is 10.8. The number of rotatable bonds is 4. The summed E-state index contributed by atoms with van der Waals surface area (Å²) in [6, 6.07) is 5.83. The van der Waals surface area contributed by atoms with Crippen LogP contribution in [-0.4, -0.2) is 30.9 Å². The molecule has 19 heavy (non-hydrogen) atoms. The molecule has 0 N–H and O–H groups in total. The Bertz CT molecular complexity index is 696. The van der Waals surface area contributed by atoms with Gasteiger partial charge in [-0.3, -0.25) is 4.79 Å². The normalized spacial score (nSPS) is 11.0. The van der Waals surface area contributed by atoms with Crippen molar-refractivity contribution in [3.8, 4) is 11.6 Å². The van der Waals surface area contributed by atoms with E-state index in [1.165, 1.54) is 36.8 Å². The van der Waals surface area contributed by atoms with Crippen LogP contribution in [0.5, 0.6) is 11.6 Å². The van der Waals surface area contributed by atoms with Gasteiger partial charge in [-0.05, 0) is 24.3 Å². The van der Waals surface area contributed by atoms with Gasteiger partial charge in [-0.15, -0.1) is 0 Å². The van der Waals surface area contributed by atoms with Crippen LogP contribution in [0, 0.1) is 0 Å². The van der Waals surface area contributed by atoms with Gasteiger partial charge < -0.3 is 4.74 Å². The van der Waals surface area contributed by atoms with E-state index in [-0.39, 0.29) is 16.3 Å². The van der Waals surface area contributed by atoms with Crippen molar-refractivity contribution in [3.63, 3.8) is 0 Å². The largest absolute Gasteiger partial charge is 0.438 e. The molecule has 1 heterocycles. The third kappa shape index (κ3) is 3.14. The molecule has 0 unspecified atom stereocenters. The van der Waals surface area contributed by atoms with Crippen molar-refractivity contribution < 1.29 is 17.9 Å². The summed E-state index contributed by atoms with van der Waals surface area (Å²) in [5.74, 6) is 0.506. The number of aromatic nitrogens is 2. The summed E-state index contributed by atoms with van der Waals surface area (Å²) >= 11 is 0. The Morgan fingerprint density at radius 1 is 1.21 bits per heavy atom. The molecule has 2 aromatic rings. The SMILES string of the molecule is CS(=O)(=O)c1ccc(Oc2ncncc2C=O)cc1. The number of aldehydes is 1. The maximum atomic E-state index is 11.3. The van der Waals surface area contributed by atoms with Gasteiger partial charge in [0, 0.05) is 12.5 Å². The average molecular weight is 278 g/mol. The van der Waals surface area contributed by atoms with Crippen LogP contribution < -0.4 is 4.74 Å². The number of ether oxygens (including phenoxy) is 1. The van der Waals surface area contributed by atoms with E-state index in [9.17, 15) is 13.2 Å². The highest BCUT2D eigenvalue weighted by Gasteiger charge is 2.09. The lowest BCUT2D eigenvalue weighted by atomic mass is 10.3. The van der Waals surface area contributed by atoms with Crippen molar-refractivity contribution in [2.45, 2.75) is 4.90 Å². The number of hydrogen-bond donors (Lipinski definition) is 0. The first kappa shape index (κ1) is 13.2. The van der Waals surface area contributed by atoms with Gasteiger partial charge in [0.15, 0.2) is 16.1 Å². The van der Waals surface area contributed by atoms with Crippen LogP contribution in [0.15, 0.2) is 41.7 Å². The van der Waals surface area contributed by atoms with Gasteiger partial charge in [-0.25, -0.2) is 18.4 Å². The maximum Gasteiger partial charge on any atom is 0.232 e. The molecule has 0 aliphatic carbocycles. The van der Waals surface area contributed by atoms with E-state index in [1.807, 2.05) is 0 Å². The first-order chi connectivity index (χ1) is 9.00. The van der Waals surface area contributed by atoms with Gasteiger partial charge in [0.2, 0.25) is 5.88 Å². The molecule has 0 aliphatic heterocycles. The topological polar surface area (TPSA) is 86.2 Å². The van der Waals surface area contributed by atoms with Crippen molar-refractivity contribution in [2.75, 3.05) is 6.26 Å². The summed E-state index contributed by atoms with van der Waals surface area (Å²) in [6.07, 6.45) is 4.30. The van der Waals surface area contributed by atoms with E-state index in [4.69, 9.17) is 4.74 Å². The first-order valence-electron chi connectivity index (χ1n) is 5.24. The van der Waals surface area contributed by atoms with Crippen LogP contribution in [0.2, 0.25) is 0 Å². The molecule has 0 fully saturated rings. The highest BCUT2D eigenvalue weighted by atomic mass is 32.2. The second kappa shape index (κ2) is 5.15. The molecular formula is C12H10N2O4S. The Morgan fingerprint density at radius 2 is 1.89 bits per heavy atom. The summed E-state index contributed by atoms with van der Waals surface area (Å²) < 4.78 is 28.0. The van der Waals surface area contributed by atoms with Gasteiger partial charge in [0.1, 0.15) is 12.1 Å². The summed E-state index contributed by atoms with van der Waals surface area (Å²) in [7, 11) is -3.24. The van der Waals surface area contributed by atoms with E-state index in [0.717, 1.165) is 6.26 Å². The summed E-state index contributed by atoms with van der Waals surface area (Å²) in [5.41, 5.74) is 0.217. The number of hydrogen-bond acceptors (Lipinski definition) is 6. The quantitative estimate of drug-likeness (QED) is 0.787. The third-order valence-corrected chi connectivity index (χ3v) is 3.42. The van der Waals surface area contributed by atoms with Crippen LogP contribution in [0.3, 0.4) is 0 Å². The molecule has 0 amide bonds. The van der Waals surface area contributed by atoms with Crippen LogP contribution in [0.4, 0.5) is 0 Å². The predicted molar refractivity (Wildman–Crippen MR) is 67.0 cm³/mol. The highest BCUT2D eigenvalue weighted by molar-refractivity contribution is 7.90. The molecular weight excluding hydrogens is 268 g/mol. The molecule has 0 radical (unpaired) electrons. The average Bonchev–Trinajstić information content (AvgIpc) is 2.39. The van der Waals surface area contributed by atoms with Crippen LogP contribution in [-0.2, 0) is 9.84 Å². The minimum absolute atomic E-state index is 0.122. The second-order valence-electron chi connectivity index (χ2n) is 3.75. The van der Waals surface area contributed by atoms with Crippen molar-refractivity contribution >= 4 is 16.1 Å². The Morgan fingerprint density at radius 3 is 2.47 bits per heavy atom. The zero-order chi connectivity index (χ0) is 13.9. The second-order valence-corrected chi connectivity index (χ2v) is 5.76. The fourth-order valence-corrected chi connectivity index (χ4v) is 1.99. The number of nitrogens with zero attached hydrogens (tertiary/aromatic N) is 2. The van der Waals surface area contributed by atoms with Crippen molar-refractivity contribution in [1.82, 2.24) is 9.97 Å². The minimum Gasteiger partial charge on any atom is -0.438 e. The van der Waals surface area contributed by atoms with E-state index < -0.39 is 9.84 Å². The Kier molecular flexibility index (Phi) is 3.57. The lowest BCUT2D eigenvalue weighted by molar-refractivity contribution is 0.112. The number of carbonyl (C=O) groups is 1. The van der Waals surface area contributed by atoms with Gasteiger partial charge >= 0.3 is 0 Å². The maximum absolute atomic E-state index is 11.3. The van der Waals surface area contributed by atoms with Crippen LogP contribution in [0.1, 0.15) is 10.4 Å². The van der Waals surface area contributed by atoms with Crippen molar-refractivity contribution in [1.29, 1.82) is 0 Å². The molecule has 1 aromatic carbocycles. The zero-order valence-electron chi connectivity index (χ0n) is 9.98. The van der Waals surface area contributed by atoms with E-state index in [0.29, 0.717) is 12.0 Å². The Labute approximate surface area is 110 Å². The van der Waals surface area contributed by atoms with Crippen molar-refractivity contribution in [2.24, 2.45) is 0 Å². The highest BCUT2D eigenvalue weighted by Crippen LogP contribution is 2.22. The van der Waals surface area contributed by atoms with Crippen LogP contribution in [0.25, 0.3) is 0 Å². The predicted octanol–water partition coefficient (Wildman–Crippen LogP) is 1.48. The number of sulfone groups is 1. The summed E-state index contributed by atoms with van der Waals surface area (Å²) in [6.45, 7) is 0. The molecule has 7 heteroatoms. The lowest BCUT2D eigenvalue weighted by Crippen LogP contribution is -1.97. The molecule has 98 valence electrons. The van der Waals surface area contributed by atoms with E-state index in [2.05, 4.69) is 9.97 Å². The van der Waals surface area contributed by atoms with Gasteiger partial charge in [-0.2, -0.15) is 0 Å². The smallest absolute Gasteiger partial charge is 0.232 e. The fourth-order valence-electron chi connectivity index (χ4n) is 1.36. The molecule has 0 saturated heterocycles. The van der Waals surface area contributed by atoms with E-state index in [1.54, 1.807) is 0 Å². The fraction of sp³-hybridized carbons (Fsp3) is 0.0833. The van der Waals surface area contributed by atoms with E-state index >= 15 is 0 Å². The monoisotopic (exact) mass is 278 g/mol. The van der Waals surface area contributed by atoms with Gasteiger partial charge in [0.25, 0.3) is 0 Å². The molecule has 1 aromatic heterocycles. The summed E-state index contributed by atoms with van der Waals surface area (Å²) in [5, 5.41) is 0. The molecule has 6 nitrogen and oxygen atoms in total. The Balaban J connectivity index is 2.27. The molecule has 0 atom stereocenters. The molecule has 0 bridgehead atoms. The molecule has 2 rings (SSSR count). The Hall–Kier alpha value is -2.28. The van der Waals surface area contributed by atoms with Crippen molar-refractivity contribution in [3.05, 3.63) is 42.4 Å². The number of carbonyl (C=O) groups excluding carboxylic acids is 1. The van der Waals surface area contributed by atoms with Crippen LogP contribution >= 0.6 is 0 Å². The third-order valence-electron chi connectivity index (χ3n) is 2.30. The first-order valence-corrected chi connectivity index (χ1v) is 7.13. The standard InChI is InChI=1S/C12H10N2O4S/c1-19(16,17)11-4-2-10(3-5-11)18-12-9(7-15)6-13-8-14-12/h2-8H,1H3. The number of benzene rings is 1. The minimum atomic E-state index is -3.24. The molecule has 0 spiro atoms. The van der Waals surface area contributed by atoms with Gasteiger partial charge in [-0.1, -0.05) is 0 Å². The summed E-state index contributed by atoms with van der Waals surface area (Å²) in [4.78, 5) is 18.5. The molecule has 0 saturated carbocycles.